The Morgan fingerprint density at radius 1 is 1.38 bits per heavy atom. The lowest BCUT2D eigenvalue weighted by atomic mass is 10.2. The van der Waals surface area contributed by atoms with Gasteiger partial charge in [-0.3, -0.25) is 4.79 Å². The summed E-state index contributed by atoms with van der Waals surface area (Å²) in [6.07, 6.45) is 3.18. The van der Waals surface area contributed by atoms with Crippen LogP contribution in [0.3, 0.4) is 0 Å². The Balaban J connectivity index is 2.20. The van der Waals surface area contributed by atoms with Gasteiger partial charge in [0.05, 0.1) is 0 Å². The third kappa shape index (κ3) is 7.51. The molecule has 1 atom stereocenters. The van der Waals surface area contributed by atoms with Gasteiger partial charge in [-0.25, -0.2) is 0 Å². The molecule has 0 aliphatic heterocycles. The summed E-state index contributed by atoms with van der Waals surface area (Å²) in [6, 6.07) is 8.17. The van der Waals surface area contributed by atoms with E-state index in [9.17, 15) is 4.79 Å². The van der Waals surface area contributed by atoms with Crippen LogP contribution in [0.5, 0.6) is 5.75 Å². The summed E-state index contributed by atoms with van der Waals surface area (Å²) in [5.74, 6) is 0.941. The molecule has 0 heterocycles. The first-order valence-corrected chi connectivity index (χ1v) is 7.48. The fraction of sp³-hybridized carbons (Fsp3) is 0.471. The van der Waals surface area contributed by atoms with Gasteiger partial charge in [0.15, 0.2) is 0 Å². The van der Waals surface area contributed by atoms with Crippen LogP contribution in [0, 0.1) is 0 Å². The zero-order chi connectivity index (χ0) is 15.5. The van der Waals surface area contributed by atoms with Crippen molar-refractivity contribution in [1.29, 1.82) is 0 Å². The second-order valence-corrected chi connectivity index (χ2v) is 5.05. The Kier molecular flexibility index (Phi) is 8.21. The number of nitrogens with one attached hydrogen (secondary N) is 2. The minimum atomic E-state index is 0.102. The van der Waals surface area contributed by atoms with Crippen molar-refractivity contribution in [2.75, 3.05) is 13.2 Å². The number of hydrogen-bond acceptors (Lipinski definition) is 3. The zero-order valence-corrected chi connectivity index (χ0v) is 13.0. The first kappa shape index (κ1) is 17.2. The van der Waals surface area contributed by atoms with Crippen LogP contribution < -0.4 is 15.4 Å². The quantitative estimate of drug-likeness (QED) is 0.514. The Hall–Kier alpha value is -1.81. The Morgan fingerprint density at radius 2 is 2.10 bits per heavy atom. The van der Waals surface area contributed by atoms with Crippen LogP contribution in [0.25, 0.3) is 0 Å². The molecule has 0 bridgehead atoms. The standard InChI is InChI=1S/C17H26N2O2/c1-4-12-21-16-8-6-15(7-9-16)13-18-11-10-17(20)19-14(3)5-2/h4,6-9,14,18H,1,5,10-13H2,2-3H3,(H,19,20). The van der Waals surface area contributed by atoms with Crippen molar-refractivity contribution in [3.63, 3.8) is 0 Å². The lowest BCUT2D eigenvalue weighted by molar-refractivity contribution is -0.121. The van der Waals surface area contributed by atoms with E-state index in [0.717, 1.165) is 18.7 Å². The molecule has 0 saturated heterocycles. The molecule has 1 amide bonds. The van der Waals surface area contributed by atoms with Crippen LogP contribution in [-0.2, 0) is 11.3 Å². The maximum absolute atomic E-state index is 11.6. The molecule has 1 aromatic carbocycles. The SMILES string of the molecule is C=CCOc1ccc(CNCCC(=O)NC(C)CC)cc1. The summed E-state index contributed by atoms with van der Waals surface area (Å²) in [5.41, 5.74) is 1.17. The Labute approximate surface area is 127 Å². The van der Waals surface area contributed by atoms with Gasteiger partial charge in [0.2, 0.25) is 5.91 Å². The minimum Gasteiger partial charge on any atom is -0.490 e. The molecule has 1 aromatic rings. The number of rotatable bonds is 10. The summed E-state index contributed by atoms with van der Waals surface area (Å²) in [7, 11) is 0. The molecule has 116 valence electrons. The lowest BCUT2D eigenvalue weighted by Crippen LogP contribution is -2.33. The monoisotopic (exact) mass is 290 g/mol. The summed E-state index contributed by atoms with van der Waals surface area (Å²) >= 11 is 0. The molecule has 21 heavy (non-hydrogen) atoms. The van der Waals surface area contributed by atoms with Gasteiger partial charge in [0.1, 0.15) is 12.4 Å². The first-order valence-electron chi connectivity index (χ1n) is 7.48. The van der Waals surface area contributed by atoms with Gasteiger partial charge in [-0.2, -0.15) is 0 Å². The second kappa shape index (κ2) is 10.00. The third-order valence-corrected chi connectivity index (χ3v) is 3.17. The molecule has 0 spiro atoms. The first-order chi connectivity index (χ1) is 10.2. The van der Waals surface area contributed by atoms with Crippen LogP contribution in [0.4, 0.5) is 0 Å². The van der Waals surface area contributed by atoms with Crippen molar-refractivity contribution < 1.29 is 9.53 Å². The Morgan fingerprint density at radius 3 is 2.71 bits per heavy atom. The molecule has 0 aromatic heterocycles. The molecular formula is C17H26N2O2. The predicted molar refractivity (Wildman–Crippen MR) is 86.4 cm³/mol. The maximum atomic E-state index is 11.6. The highest BCUT2D eigenvalue weighted by molar-refractivity contribution is 5.76. The van der Waals surface area contributed by atoms with Gasteiger partial charge in [-0.1, -0.05) is 31.7 Å². The number of hydrogen-bond donors (Lipinski definition) is 2. The minimum absolute atomic E-state index is 0.102. The number of carbonyl (C=O) groups excluding carboxylic acids is 1. The molecule has 0 saturated carbocycles. The fourth-order valence-electron chi connectivity index (χ4n) is 1.74. The Bertz CT molecular complexity index is 429. The van der Waals surface area contributed by atoms with Gasteiger partial charge in [-0.05, 0) is 31.0 Å². The summed E-state index contributed by atoms with van der Waals surface area (Å²) < 4.78 is 5.42. The van der Waals surface area contributed by atoms with Gasteiger partial charge < -0.3 is 15.4 Å². The predicted octanol–water partition coefficient (Wildman–Crippen LogP) is 2.65. The summed E-state index contributed by atoms with van der Waals surface area (Å²) in [5, 5.41) is 6.22. The highest BCUT2D eigenvalue weighted by Crippen LogP contribution is 2.11. The lowest BCUT2D eigenvalue weighted by Gasteiger charge is -2.11. The van der Waals surface area contributed by atoms with Crippen molar-refractivity contribution in [2.24, 2.45) is 0 Å². The average Bonchev–Trinajstić information content (AvgIpc) is 2.50. The second-order valence-electron chi connectivity index (χ2n) is 5.05. The van der Waals surface area contributed by atoms with E-state index in [1.807, 2.05) is 31.2 Å². The fourth-order valence-corrected chi connectivity index (χ4v) is 1.74. The van der Waals surface area contributed by atoms with E-state index in [1.54, 1.807) is 6.08 Å². The molecule has 4 nitrogen and oxygen atoms in total. The third-order valence-electron chi connectivity index (χ3n) is 3.17. The van der Waals surface area contributed by atoms with E-state index in [4.69, 9.17) is 4.74 Å². The number of amides is 1. The molecular weight excluding hydrogens is 264 g/mol. The molecule has 0 aliphatic rings. The highest BCUT2D eigenvalue weighted by Gasteiger charge is 2.04. The molecule has 0 fully saturated rings. The maximum Gasteiger partial charge on any atom is 0.221 e. The van der Waals surface area contributed by atoms with Crippen LogP contribution in [0.1, 0.15) is 32.3 Å². The van der Waals surface area contributed by atoms with Crippen molar-refractivity contribution in [3.05, 3.63) is 42.5 Å². The van der Waals surface area contributed by atoms with Crippen molar-refractivity contribution in [3.8, 4) is 5.75 Å². The van der Waals surface area contributed by atoms with Crippen LogP contribution >= 0.6 is 0 Å². The van der Waals surface area contributed by atoms with E-state index in [0.29, 0.717) is 19.6 Å². The molecule has 4 heteroatoms. The van der Waals surface area contributed by atoms with Crippen molar-refractivity contribution in [2.45, 2.75) is 39.3 Å². The van der Waals surface area contributed by atoms with E-state index in [2.05, 4.69) is 24.1 Å². The van der Waals surface area contributed by atoms with Gasteiger partial charge in [-0.15, -0.1) is 0 Å². The smallest absolute Gasteiger partial charge is 0.221 e. The van der Waals surface area contributed by atoms with Crippen molar-refractivity contribution >= 4 is 5.91 Å². The number of benzene rings is 1. The molecule has 0 aliphatic carbocycles. The summed E-state index contributed by atoms with van der Waals surface area (Å²) in [6.45, 7) is 9.63. The summed E-state index contributed by atoms with van der Waals surface area (Å²) in [4.78, 5) is 11.6. The molecule has 1 rings (SSSR count). The van der Waals surface area contributed by atoms with E-state index >= 15 is 0 Å². The largest absolute Gasteiger partial charge is 0.490 e. The topological polar surface area (TPSA) is 50.4 Å². The number of carbonyl (C=O) groups is 1. The average molecular weight is 290 g/mol. The van der Waals surface area contributed by atoms with Gasteiger partial charge in [0, 0.05) is 25.6 Å². The molecule has 1 unspecified atom stereocenters. The van der Waals surface area contributed by atoms with Crippen molar-refractivity contribution in [1.82, 2.24) is 10.6 Å². The highest BCUT2D eigenvalue weighted by atomic mass is 16.5. The molecule has 2 N–H and O–H groups in total. The number of ether oxygens (including phenoxy) is 1. The van der Waals surface area contributed by atoms with E-state index in [-0.39, 0.29) is 11.9 Å². The van der Waals surface area contributed by atoms with E-state index in [1.165, 1.54) is 5.56 Å². The van der Waals surface area contributed by atoms with Crippen LogP contribution in [0.15, 0.2) is 36.9 Å². The van der Waals surface area contributed by atoms with Gasteiger partial charge in [0.25, 0.3) is 0 Å². The molecule has 0 radical (unpaired) electrons. The van der Waals surface area contributed by atoms with E-state index < -0.39 is 0 Å². The normalized spacial score (nSPS) is 11.7. The van der Waals surface area contributed by atoms with Gasteiger partial charge >= 0.3 is 0 Å². The zero-order valence-electron chi connectivity index (χ0n) is 13.0. The van der Waals surface area contributed by atoms with Crippen LogP contribution in [0.2, 0.25) is 0 Å². The van der Waals surface area contributed by atoms with Crippen LogP contribution in [-0.4, -0.2) is 25.1 Å².